The lowest BCUT2D eigenvalue weighted by molar-refractivity contribution is 0.589. The molecule has 0 aliphatic rings. The van der Waals surface area contributed by atoms with Gasteiger partial charge >= 0.3 is 0 Å². The maximum Gasteiger partial charge on any atom is 0.170 e. The first-order valence-electron chi connectivity index (χ1n) is 7.39. The van der Waals surface area contributed by atoms with Crippen molar-refractivity contribution in [2.75, 3.05) is 0 Å². The van der Waals surface area contributed by atoms with Crippen molar-refractivity contribution in [3.05, 3.63) is 115 Å². The molecule has 1 atom stereocenters. The number of allylic oxidation sites excluding steroid dienone is 11. The fraction of sp³-hybridized carbons (Fsp3) is 0.0476. The summed E-state index contributed by atoms with van der Waals surface area (Å²) in [5.74, 6) is 0. The van der Waals surface area contributed by atoms with Gasteiger partial charge in [0.25, 0.3) is 0 Å². The summed E-state index contributed by atoms with van der Waals surface area (Å²) >= 11 is 0. The van der Waals surface area contributed by atoms with Crippen molar-refractivity contribution < 1.29 is 4.57 Å². The number of benzene rings is 1. The van der Waals surface area contributed by atoms with Gasteiger partial charge in [-0.1, -0.05) is 105 Å². The monoisotopic (exact) mass is 322 g/mol. The molecule has 0 aliphatic heterocycles. The fourth-order valence-electron chi connectivity index (χ4n) is 2.17. The van der Waals surface area contributed by atoms with E-state index in [4.69, 9.17) is 0 Å². The van der Waals surface area contributed by atoms with Crippen LogP contribution >= 0.6 is 7.14 Å². The summed E-state index contributed by atoms with van der Waals surface area (Å²) in [7, 11) is -2.98. The Bertz CT molecular complexity index is 715. The van der Waals surface area contributed by atoms with Gasteiger partial charge < -0.3 is 4.57 Å². The second-order valence-corrected chi connectivity index (χ2v) is 7.44. The van der Waals surface area contributed by atoms with E-state index in [0.29, 0.717) is 5.31 Å². The van der Waals surface area contributed by atoms with Crippen LogP contribution in [0.4, 0.5) is 0 Å². The van der Waals surface area contributed by atoms with Gasteiger partial charge in [-0.3, -0.25) is 0 Å². The molecule has 1 aromatic carbocycles. The lowest BCUT2D eigenvalue weighted by Crippen LogP contribution is -2.07. The third-order valence-corrected chi connectivity index (χ3v) is 6.49. The fourth-order valence-corrected chi connectivity index (χ4v) is 4.87. The van der Waals surface area contributed by atoms with Gasteiger partial charge in [-0.05, 0) is 6.92 Å². The minimum absolute atomic E-state index is 0.684. The van der Waals surface area contributed by atoms with Crippen molar-refractivity contribution in [3.8, 4) is 0 Å². The molecule has 0 heterocycles. The van der Waals surface area contributed by atoms with Crippen molar-refractivity contribution in [1.82, 2.24) is 0 Å². The van der Waals surface area contributed by atoms with E-state index in [0.717, 1.165) is 10.6 Å². The molecule has 0 amide bonds. The van der Waals surface area contributed by atoms with Crippen LogP contribution in [0.3, 0.4) is 0 Å². The van der Waals surface area contributed by atoms with E-state index in [1.807, 2.05) is 61.6 Å². The maximum atomic E-state index is 14.0. The molecule has 118 valence electrons. The highest BCUT2D eigenvalue weighted by atomic mass is 31.2. The van der Waals surface area contributed by atoms with Crippen LogP contribution in [0.1, 0.15) is 6.92 Å². The summed E-state index contributed by atoms with van der Waals surface area (Å²) in [6.45, 7) is 13.1. The van der Waals surface area contributed by atoms with Crippen molar-refractivity contribution in [1.29, 1.82) is 0 Å². The molecule has 0 saturated carbocycles. The topological polar surface area (TPSA) is 17.1 Å². The number of rotatable bonds is 8. The van der Waals surface area contributed by atoms with Gasteiger partial charge in [0, 0.05) is 15.9 Å². The van der Waals surface area contributed by atoms with E-state index in [-0.39, 0.29) is 0 Å². The van der Waals surface area contributed by atoms with Crippen LogP contribution in [0.15, 0.2) is 115 Å². The molecule has 0 spiro atoms. The molecule has 0 N–H and O–H groups in total. The van der Waals surface area contributed by atoms with Crippen LogP contribution in [0.25, 0.3) is 0 Å². The smallest absolute Gasteiger partial charge is 0.170 e. The quantitative estimate of drug-likeness (QED) is 0.415. The van der Waals surface area contributed by atoms with Gasteiger partial charge in [-0.2, -0.15) is 0 Å². The Morgan fingerprint density at radius 1 is 0.957 bits per heavy atom. The highest BCUT2D eigenvalue weighted by Crippen LogP contribution is 2.60. The van der Waals surface area contributed by atoms with Gasteiger partial charge in [0.1, 0.15) is 0 Å². The van der Waals surface area contributed by atoms with Crippen molar-refractivity contribution >= 4 is 12.4 Å². The second-order valence-electron chi connectivity index (χ2n) is 4.67. The van der Waals surface area contributed by atoms with Crippen LogP contribution in [-0.2, 0) is 4.57 Å². The molecule has 0 bridgehead atoms. The molecule has 0 aromatic heterocycles. The molecule has 1 aromatic rings. The SMILES string of the molecule is C=C/C=C\C=C(/C=C)P(=O)(C(/C=C\C=C)=C/C)c1ccccc1. The number of hydrogen-bond donors (Lipinski definition) is 0. The van der Waals surface area contributed by atoms with E-state index >= 15 is 0 Å². The highest BCUT2D eigenvalue weighted by Gasteiger charge is 2.30. The molecule has 0 saturated heterocycles. The lowest BCUT2D eigenvalue weighted by atomic mass is 10.4. The van der Waals surface area contributed by atoms with Gasteiger partial charge in [-0.25, -0.2) is 0 Å². The van der Waals surface area contributed by atoms with Crippen molar-refractivity contribution in [2.45, 2.75) is 6.92 Å². The predicted molar refractivity (Wildman–Crippen MR) is 104 cm³/mol. The average molecular weight is 322 g/mol. The summed E-state index contributed by atoms with van der Waals surface area (Å²) in [6.07, 6.45) is 16.0. The molecular formula is C21H23OP. The molecular weight excluding hydrogens is 299 g/mol. The molecule has 1 nitrogen and oxygen atoms in total. The molecule has 23 heavy (non-hydrogen) atoms. The second kappa shape index (κ2) is 9.61. The van der Waals surface area contributed by atoms with Gasteiger partial charge in [0.15, 0.2) is 7.14 Å². The Morgan fingerprint density at radius 3 is 2.13 bits per heavy atom. The predicted octanol–water partition coefficient (Wildman–Crippen LogP) is 6.13. The largest absolute Gasteiger partial charge is 0.309 e. The summed E-state index contributed by atoms with van der Waals surface area (Å²) < 4.78 is 14.0. The maximum absolute atomic E-state index is 14.0. The number of hydrogen-bond acceptors (Lipinski definition) is 1. The Balaban J connectivity index is 3.63. The summed E-state index contributed by atoms with van der Waals surface area (Å²) in [6, 6.07) is 9.48. The first kappa shape index (κ1) is 18.7. The average Bonchev–Trinajstić information content (AvgIpc) is 2.60. The lowest BCUT2D eigenvalue weighted by Gasteiger charge is -2.21. The highest BCUT2D eigenvalue weighted by molar-refractivity contribution is 7.79. The Labute approximate surface area is 139 Å². The normalized spacial score (nSPS) is 15.5. The zero-order valence-corrected chi connectivity index (χ0v) is 14.5. The van der Waals surface area contributed by atoms with Crippen LogP contribution in [0.2, 0.25) is 0 Å². The minimum Gasteiger partial charge on any atom is -0.309 e. The standard InChI is InChI=1S/C21H23OP/c1-5-9-12-16-20(8-4)23(22,19(7-3)15-10-6-2)21-17-13-11-14-18-21/h5-18H,1-2,4H2,3H3/b12-9-,15-10-,19-7+,20-16+. The molecule has 0 radical (unpaired) electrons. The summed E-state index contributed by atoms with van der Waals surface area (Å²) in [5, 5.41) is 2.21. The van der Waals surface area contributed by atoms with Crippen molar-refractivity contribution in [2.24, 2.45) is 0 Å². The Morgan fingerprint density at radius 2 is 1.61 bits per heavy atom. The van der Waals surface area contributed by atoms with Gasteiger partial charge in [-0.15, -0.1) is 0 Å². The van der Waals surface area contributed by atoms with E-state index < -0.39 is 7.14 Å². The summed E-state index contributed by atoms with van der Waals surface area (Å²) in [4.78, 5) is 0. The van der Waals surface area contributed by atoms with Crippen LogP contribution < -0.4 is 5.30 Å². The van der Waals surface area contributed by atoms with E-state index in [9.17, 15) is 4.57 Å². The summed E-state index contributed by atoms with van der Waals surface area (Å²) in [5.41, 5.74) is 0. The third-order valence-electron chi connectivity index (χ3n) is 3.27. The molecule has 1 unspecified atom stereocenters. The zero-order valence-electron chi connectivity index (χ0n) is 13.6. The zero-order chi connectivity index (χ0) is 17.1. The first-order valence-corrected chi connectivity index (χ1v) is 9.09. The first-order chi connectivity index (χ1) is 11.1. The molecule has 1 rings (SSSR count). The van der Waals surface area contributed by atoms with Crippen molar-refractivity contribution in [3.63, 3.8) is 0 Å². The van der Waals surface area contributed by atoms with E-state index in [2.05, 4.69) is 19.7 Å². The van der Waals surface area contributed by atoms with Gasteiger partial charge in [0.2, 0.25) is 0 Å². The van der Waals surface area contributed by atoms with E-state index in [1.165, 1.54) is 0 Å². The Hall–Kier alpha value is -2.37. The Kier molecular flexibility index (Phi) is 7.80. The molecule has 0 aliphatic carbocycles. The van der Waals surface area contributed by atoms with Gasteiger partial charge in [0.05, 0.1) is 0 Å². The van der Waals surface area contributed by atoms with Crippen LogP contribution in [-0.4, -0.2) is 0 Å². The van der Waals surface area contributed by atoms with Crippen LogP contribution in [0.5, 0.6) is 0 Å². The van der Waals surface area contributed by atoms with Crippen LogP contribution in [0, 0.1) is 0 Å². The van der Waals surface area contributed by atoms with E-state index in [1.54, 1.807) is 30.4 Å². The minimum atomic E-state index is -2.98. The molecule has 2 heteroatoms. The molecule has 0 fully saturated rings. The third kappa shape index (κ3) is 4.55.